The summed E-state index contributed by atoms with van der Waals surface area (Å²) in [5, 5.41) is 10.2. The summed E-state index contributed by atoms with van der Waals surface area (Å²) in [5.41, 5.74) is 2.11. The Hall–Kier alpha value is -3.48. The molecule has 0 spiro atoms. The monoisotopic (exact) mass is 318 g/mol. The molecule has 118 valence electrons. The fraction of sp³-hybridized carbons (Fsp3) is 0.0588. The first-order valence-corrected chi connectivity index (χ1v) is 7.47. The third-order valence-electron chi connectivity index (χ3n) is 3.65. The second kappa shape index (κ2) is 5.96. The molecular weight excluding hydrogens is 304 g/mol. The summed E-state index contributed by atoms with van der Waals surface area (Å²) in [6.07, 6.45) is 4.98. The Labute approximate surface area is 138 Å². The van der Waals surface area contributed by atoms with Crippen LogP contribution in [-0.4, -0.2) is 27.0 Å². The van der Waals surface area contributed by atoms with E-state index in [9.17, 15) is 4.79 Å². The van der Waals surface area contributed by atoms with Crippen LogP contribution in [0.15, 0.2) is 59.9 Å². The molecule has 0 unspecified atom stereocenters. The normalized spacial score (nSPS) is 12.3. The van der Waals surface area contributed by atoms with Crippen molar-refractivity contribution in [3.8, 4) is 5.82 Å². The predicted molar refractivity (Wildman–Crippen MR) is 90.7 cm³/mol. The largest absolute Gasteiger partial charge is 0.372 e. The van der Waals surface area contributed by atoms with Crippen molar-refractivity contribution in [1.29, 1.82) is 0 Å². The molecule has 1 amide bonds. The van der Waals surface area contributed by atoms with Gasteiger partial charge in [0.25, 0.3) is 5.91 Å². The fourth-order valence-corrected chi connectivity index (χ4v) is 2.52. The highest BCUT2D eigenvalue weighted by Gasteiger charge is 2.20. The fourth-order valence-electron chi connectivity index (χ4n) is 2.52. The number of hydrogen-bond acceptors (Lipinski definition) is 5. The molecule has 7 nitrogen and oxygen atoms in total. The van der Waals surface area contributed by atoms with E-state index in [-0.39, 0.29) is 5.91 Å². The van der Waals surface area contributed by atoms with Crippen LogP contribution in [0.5, 0.6) is 0 Å². The topological polar surface area (TPSA) is 84.2 Å². The number of hydrogen-bond donors (Lipinski definition) is 2. The number of benzene rings is 1. The number of pyridine rings is 1. The van der Waals surface area contributed by atoms with Gasteiger partial charge in [-0.3, -0.25) is 4.79 Å². The smallest absolute Gasteiger partial charge is 0.259 e. The first-order chi connectivity index (χ1) is 11.8. The molecule has 1 aliphatic rings. The van der Waals surface area contributed by atoms with Gasteiger partial charge in [-0.15, -0.1) is 0 Å². The minimum Gasteiger partial charge on any atom is -0.372 e. The summed E-state index contributed by atoms with van der Waals surface area (Å²) >= 11 is 0. The van der Waals surface area contributed by atoms with E-state index in [1.54, 1.807) is 35.5 Å². The number of para-hydroxylation sites is 1. The predicted octanol–water partition coefficient (Wildman–Crippen LogP) is 2.28. The van der Waals surface area contributed by atoms with Gasteiger partial charge in [-0.1, -0.05) is 18.2 Å². The quantitative estimate of drug-likeness (QED) is 0.776. The average Bonchev–Trinajstić information content (AvgIpc) is 3.06. The summed E-state index contributed by atoms with van der Waals surface area (Å²) in [4.78, 5) is 21.3. The summed E-state index contributed by atoms with van der Waals surface area (Å²) in [6.45, 7) is 0.650. The Kier molecular flexibility index (Phi) is 3.51. The molecule has 0 radical (unpaired) electrons. The standard InChI is InChI=1S/C17H14N6O/c24-17(22-13-5-2-1-3-6-13)14-7-4-8-19-16(14)23-15-12(10-21-23)9-18-11-20-15/h1-8,10-11H,9H2,(H,18,20)(H,22,24). The molecule has 0 bridgehead atoms. The number of amides is 1. The molecule has 1 aromatic carbocycles. The molecule has 0 aliphatic carbocycles. The van der Waals surface area contributed by atoms with Gasteiger partial charge in [0.15, 0.2) is 11.6 Å². The maximum atomic E-state index is 12.7. The molecule has 3 heterocycles. The Balaban J connectivity index is 1.73. The Bertz CT molecular complexity index is 916. The average molecular weight is 318 g/mol. The Morgan fingerprint density at radius 3 is 2.92 bits per heavy atom. The molecule has 3 aromatic rings. The van der Waals surface area contributed by atoms with Gasteiger partial charge < -0.3 is 10.6 Å². The van der Waals surface area contributed by atoms with E-state index in [2.05, 4.69) is 25.7 Å². The number of nitrogens with one attached hydrogen (secondary N) is 2. The molecule has 2 aromatic heterocycles. The van der Waals surface area contributed by atoms with E-state index in [1.165, 1.54) is 0 Å². The zero-order valence-electron chi connectivity index (χ0n) is 12.7. The van der Waals surface area contributed by atoms with E-state index in [0.717, 1.165) is 11.3 Å². The molecule has 0 fully saturated rings. The van der Waals surface area contributed by atoms with E-state index in [4.69, 9.17) is 0 Å². The molecule has 0 saturated heterocycles. The summed E-state index contributed by atoms with van der Waals surface area (Å²) in [7, 11) is 0. The van der Waals surface area contributed by atoms with Crippen molar-refractivity contribution in [3.63, 3.8) is 0 Å². The van der Waals surface area contributed by atoms with Crippen LogP contribution in [0.3, 0.4) is 0 Å². The van der Waals surface area contributed by atoms with Crippen molar-refractivity contribution in [1.82, 2.24) is 20.1 Å². The highest BCUT2D eigenvalue weighted by molar-refractivity contribution is 6.06. The van der Waals surface area contributed by atoms with Gasteiger partial charge in [-0.05, 0) is 24.3 Å². The number of carbonyl (C=O) groups excluding carboxylic acids is 1. The maximum Gasteiger partial charge on any atom is 0.259 e. The number of fused-ring (bicyclic) bond motifs is 1. The van der Waals surface area contributed by atoms with Gasteiger partial charge in [0, 0.05) is 24.0 Å². The van der Waals surface area contributed by atoms with Gasteiger partial charge in [-0.25, -0.2) is 9.98 Å². The molecule has 4 rings (SSSR count). The Morgan fingerprint density at radius 2 is 2.04 bits per heavy atom. The highest BCUT2D eigenvalue weighted by atomic mass is 16.1. The number of aliphatic imine (C=N–C) groups is 1. The van der Waals surface area contributed by atoms with Gasteiger partial charge in [-0.2, -0.15) is 9.78 Å². The van der Waals surface area contributed by atoms with Crippen LogP contribution in [0.25, 0.3) is 5.82 Å². The minimum atomic E-state index is -0.244. The lowest BCUT2D eigenvalue weighted by Gasteiger charge is -2.12. The third kappa shape index (κ3) is 2.52. The number of nitrogens with zero attached hydrogens (tertiary/aromatic N) is 4. The van der Waals surface area contributed by atoms with Gasteiger partial charge in [0.2, 0.25) is 0 Å². The maximum absolute atomic E-state index is 12.7. The van der Waals surface area contributed by atoms with Gasteiger partial charge in [0.1, 0.15) is 0 Å². The second-order valence-electron chi connectivity index (χ2n) is 5.24. The summed E-state index contributed by atoms with van der Waals surface area (Å²) < 4.78 is 1.59. The van der Waals surface area contributed by atoms with Crippen LogP contribution in [-0.2, 0) is 6.54 Å². The summed E-state index contributed by atoms with van der Waals surface area (Å²) in [6, 6.07) is 12.7. The lowest BCUT2D eigenvalue weighted by molar-refractivity contribution is 0.102. The van der Waals surface area contributed by atoms with Crippen molar-refractivity contribution in [2.45, 2.75) is 6.54 Å². The highest BCUT2D eigenvalue weighted by Crippen LogP contribution is 2.25. The third-order valence-corrected chi connectivity index (χ3v) is 3.65. The van der Waals surface area contributed by atoms with E-state index < -0.39 is 0 Å². The molecule has 2 N–H and O–H groups in total. The zero-order chi connectivity index (χ0) is 16.4. The van der Waals surface area contributed by atoms with E-state index >= 15 is 0 Å². The van der Waals surface area contributed by atoms with Crippen LogP contribution in [0.4, 0.5) is 11.5 Å². The molecule has 0 saturated carbocycles. The Morgan fingerprint density at radius 1 is 1.17 bits per heavy atom. The molecular formula is C17H14N6O. The lowest BCUT2D eigenvalue weighted by Crippen LogP contribution is -2.17. The minimum absolute atomic E-state index is 0.244. The van der Waals surface area contributed by atoms with Crippen molar-refractivity contribution < 1.29 is 4.79 Å². The van der Waals surface area contributed by atoms with Crippen LogP contribution < -0.4 is 10.6 Å². The van der Waals surface area contributed by atoms with Crippen molar-refractivity contribution >= 4 is 23.8 Å². The molecule has 1 aliphatic heterocycles. The van der Waals surface area contributed by atoms with Crippen LogP contribution in [0, 0.1) is 0 Å². The number of carbonyl (C=O) groups is 1. The molecule has 7 heteroatoms. The number of rotatable bonds is 3. The number of aromatic nitrogens is 3. The van der Waals surface area contributed by atoms with E-state index in [0.29, 0.717) is 23.7 Å². The SMILES string of the molecule is O=C(Nc1ccccc1)c1cccnc1-n1ncc2c1N=CNC2. The summed E-state index contributed by atoms with van der Waals surface area (Å²) in [5.74, 6) is 0.888. The van der Waals surface area contributed by atoms with Gasteiger partial charge >= 0.3 is 0 Å². The van der Waals surface area contributed by atoms with Crippen LogP contribution in [0.1, 0.15) is 15.9 Å². The van der Waals surface area contributed by atoms with Crippen LogP contribution >= 0.6 is 0 Å². The zero-order valence-corrected chi connectivity index (χ0v) is 12.7. The van der Waals surface area contributed by atoms with Crippen molar-refractivity contribution in [2.75, 3.05) is 5.32 Å². The molecule has 0 atom stereocenters. The number of anilines is 1. The first-order valence-electron chi connectivity index (χ1n) is 7.47. The van der Waals surface area contributed by atoms with E-state index in [1.807, 2.05) is 30.3 Å². The first kappa shape index (κ1) is 14.1. The van der Waals surface area contributed by atoms with Crippen LogP contribution in [0.2, 0.25) is 0 Å². The lowest BCUT2D eigenvalue weighted by atomic mass is 10.2. The molecule has 24 heavy (non-hydrogen) atoms. The second-order valence-corrected chi connectivity index (χ2v) is 5.24. The van der Waals surface area contributed by atoms with Crippen molar-refractivity contribution in [3.05, 3.63) is 66.0 Å². The van der Waals surface area contributed by atoms with Crippen molar-refractivity contribution in [2.24, 2.45) is 4.99 Å². The van der Waals surface area contributed by atoms with Gasteiger partial charge in [0.05, 0.1) is 18.1 Å².